The Morgan fingerprint density at radius 3 is 2.81 bits per heavy atom. The summed E-state index contributed by atoms with van der Waals surface area (Å²) in [6.07, 6.45) is 1.22. The highest BCUT2D eigenvalue weighted by Crippen LogP contribution is 2.19. The molecule has 84 valence electrons. The van der Waals surface area contributed by atoms with E-state index in [9.17, 15) is 9.18 Å². The van der Waals surface area contributed by atoms with Gasteiger partial charge in [0.1, 0.15) is 11.7 Å². The van der Waals surface area contributed by atoms with Crippen LogP contribution in [0.5, 0.6) is 0 Å². The molecule has 0 saturated heterocycles. The molecular formula is C12H11ClFNO. The molecule has 0 heterocycles. The third-order valence-electron chi connectivity index (χ3n) is 2.25. The summed E-state index contributed by atoms with van der Waals surface area (Å²) in [6.45, 7) is 1.89. The first-order valence-corrected chi connectivity index (χ1v) is 5.36. The van der Waals surface area contributed by atoms with Crippen molar-refractivity contribution in [3.8, 4) is 6.07 Å². The first kappa shape index (κ1) is 12.7. The van der Waals surface area contributed by atoms with Crippen LogP contribution in [0.4, 0.5) is 4.39 Å². The molecule has 0 aromatic heterocycles. The van der Waals surface area contributed by atoms with Crippen LogP contribution in [-0.2, 0) is 0 Å². The number of rotatable bonds is 4. The van der Waals surface area contributed by atoms with Gasteiger partial charge in [-0.2, -0.15) is 5.26 Å². The molecule has 1 atom stereocenters. The van der Waals surface area contributed by atoms with Crippen molar-refractivity contribution in [2.24, 2.45) is 5.92 Å². The van der Waals surface area contributed by atoms with Crippen LogP contribution in [0.3, 0.4) is 0 Å². The SMILES string of the molecule is CCCC(C#N)C(=O)c1ccc(Cl)c(F)c1. The molecule has 0 radical (unpaired) electrons. The monoisotopic (exact) mass is 239 g/mol. The van der Waals surface area contributed by atoms with Crippen molar-refractivity contribution in [1.82, 2.24) is 0 Å². The number of hydrogen-bond acceptors (Lipinski definition) is 2. The largest absolute Gasteiger partial charge is 0.293 e. The molecule has 0 saturated carbocycles. The smallest absolute Gasteiger partial charge is 0.180 e. The van der Waals surface area contributed by atoms with Gasteiger partial charge in [0.25, 0.3) is 0 Å². The summed E-state index contributed by atoms with van der Waals surface area (Å²) in [5, 5.41) is 8.79. The minimum Gasteiger partial charge on any atom is -0.293 e. The van der Waals surface area contributed by atoms with Crippen molar-refractivity contribution in [1.29, 1.82) is 5.26 Å². The lowest BCUT2D eigenvalue weighted by Gasteiger charge is -2.06. The fourth-order valence-electron chi connectivity index (χ4n) is 1.39. The van der Waals surface area contributed by atoms with Gasteiger partial charge in [-0.05, 0) is 24.6 Å². The second kappa shape index (κ2) is 5.62. The van der Waals surface area contributed by atoms with Crippen LogP contribution in [0.1, 0.15) is 30.1 Å². The van der Waals surface area contributed by atoms with Crippen LogP contribution in [0.25, 0.3) is 0 Å². The summed E-state index contributed by atoms with van der Waals surface area (Å²) in [4.78, 5) is 11.8. The van der Waals surface area contributed by atoms with Crippen LogP contribution >= 0.6 is 11.6 Å². The van der Waals surface area contributed by atoms with E-state index in [0.717, 1.165) is 12.5 Å². The second-order valence-electron chi connectivity index (χ2n) is 3.46. The third kappa shape index (κ3) is 2.80. The number of nitriles is 1. The van der Waals surface area contributed by atoms with Gasteiger partial charge in [0.2, 0.25) is 0 Å². The van der Waals surface area contributed by atoms with Gasteiger partial charge in [-0.1, -0.05) is 24.9 Å². The van der Waals surface area contributed by atoms with E-state index >= 15 is 0 Å². The average Bonchev–Trinajstić information content (AvgIpc) is 2.28. The van der Waals surface area contributed by atoms with Crippen molar-refractivity contribution in [2.75, 3.05) is 0 Å². The van der Waals surface area contributed by atoms with E-state index in [1.807, 2.05) is 13.0 Å². The zero-order valence-electron chi connectivity index (χ0n) is 8.84. The molecule has 16 heavy (non-hydrogen) atoms. The highest BCUT2D eigenvalue weighted by Gasteiger charge is 2.19. The van der Waals surface area contributed by atoms with Crippen molar-refractivity contribution in [2.45, 2.75) is 19.8 Å². The Morgan fingerprint density at radius 2 is 2.31 bits per heavy atom. The molecule has 1 rings (SSSR count). The fraction of sp³-hybridized carbons (Fsp3) is 0.333. The van der Waals surface area contributed by atoms with Crippen molar-refractivity contribution in [3.63, 3.8) is 0 Å². The highest BCUT2D eigenvalue weighted by atomic mass is 35.5. The minimum absolute atomic E-state index is 0.0273. The number of halogens is 2. The second-order valence-corrected chi connectivity index (χ2v) is 3.87. The molecule has 0 aliphatic carbocycles. The molecule has 1 aromatic rings. The quantitative estimate of drug-likeness (QED) is 0.754. The first-order valence-electron chi connectivity index (χ1n) is 4.99. The Balaban J connectivity index is 2.96. The maximum atomic E-state index is 13.1. The van der Waals surface area contributed by atoms with Gasteiger partial charge in [0, 0.05) is 5.56 Å². The molecule has 0 aliphatic heterocycles. The molecule has 0 bridgehead atoms. The molecule has 0 spiro atoms. The lowest BCUT2D eigenvalue weighted by atomic mass is 9.95. The third-order valence-corrected chi connectivity index (χ3v) is 2.56. The van der Waals surface area contributed by atoms with E-state index in [2.05, 4.69) is 0 Å². The number of ketones is 1. The van der Waals surface area contributed by atoms with E-state index in [1.54, 1.807) is 0 Å². The van der Waals surface area contributed by atoms with E-state index in [4.69, 9.17) is 16.9 Å². The molecule has 0 N–H and O–H groups in total. The molecule has 0 fully saturated rings. The lowest BCUT2D eigenvalue weighted by molar-refractivity contribution is 0.0943. The predicted molar refractivity (Wildman–Crippen MR) is 59.8 cm³/mol. The van der Waals surface area contributed by atoms with Crippen LogP contribution < -0.4 is 0 Å². The Bertz CT molecular complexity index is 439. The van der Waals surface area contributed by atoms with Crippen LogP contribution in [0.2, 0.25) is 5.02 Å². The van der Waals surface area contributed by atoms with E-state index in [1.165, 1.54) is 12.1 Å². The van der Waals surface area contributed by atoms with Crippen molar-refractivity contribution >= 4 is 17.4 Å². The molecule has 2 nitrogen and oxygen atoms in total. The standard InChI is InChI=1S/C12H11ClFNO/c1-2-3-9(7-15)12(16)8-4-5-10(13)11(14)6-8/h4-6,9H,2-3H2,1H3. The van der Waals surface area contributed by atoms with Crippen LogP contribution in [0, 0.1) is 23.1 Å². The summed E-state index contributed by atoms with van der Waals surface area (Å²) in [7, 11) is 0. The number of carbonyl (C=O) groups excluding carboxylic acids is 1. The van der Waals surface area contributed by atoms with Crippen molar-refractivity contribution < 1.29 is 9.18 Å². The number of nitrogens with zero attached hydrogens (tertiary/aromatic N) is 1. The topological polar surface area (TPSA) is 40.9 Å². The lowest BCUT2D eigenvalue weighted by Crippen LogP contribution is -2.12. The van der Waals surface area contributed by atoms with E-state index in [-0.39, 0.29) is 16.4 Å². The summed E-state index contributed by atoms with van der Waals surface area (Å²) >= 11 is 5.51. The summed E-state index contributed by atoms with van der Waals surface area (Å²) in [6, 6.07) is 5.77. The summed E-state index contributed by atoms with van der Waals surface area (Å²) in [5.74, 6) is -1.69. The number of carbonyl (C=O) groups is 1. The van der Waals surface area contributed by atoms with Gasteiger partial charge in [0.15, 0.2) is 5.78 Å². The number of Topliss-reactive ketones (excluding diaryl/α,β-unsaturated/α-hetero) is 1. The van der Waals surface area contributed by atoms with Crippen molar-refractivity contribution in [3.05, 3.63) is 34.6 Å². The van der Waals surface area contributed by atoms with Crippen LogP contribution in [-0.4, -0.2) is 5.78 Å². The highest BCUT2D eigenvalue weighted by molar-refractivity contribution is 6.30. The van der Waals surface area contributed by atoms with E-state index in [0.29, 0.717) is 6.42 Å². The number of benzene rings is 1. The zero-order valence-corrected chi connectivity index (χ0v) is 9.59. The van der Waals surface area contributed by atoms with Gasteiger partial charge in [-0.25, -0.2) is 4.39 Å². The zero-order chi connectivity index (χ0) is 12.1. The summed E-state index contributed by atoms with van der Waals surface area (Å²) < 4.78 is 13.1. The number of hydrogen-bond donors (Lipinski definition) is 0. The molecule has 0 amide bonds. The van der Waals surface area contributed by atoms with Gasteiger partial charge in [0.05, 0.1) is 11.1 Å². The molecule has 4 heteroatoms. The first-order chi connectivity index (χ1) is 7.60. The van der Waals surface area contributed by atoms with Crippen LogP contribution in [0.15, 0.2) is 18.2 Å². The molecule has 0 aliphatic rings. The Morgan fingerprint density at radius 1 is 1.62 bits per heavy atom. The van der Waals surface area contributed by atoms with E-state index < -0.39 is 11.7 Å². The normalized spacial score (nSPS) is 11.9. The Hall–Kier alpha value is -1.40. The minimum atomic E-state index is -0.703. The predicted octanol–water partition coefficient (Wildman–Crippen LogP) is 3.60. The molecule has 1 aromatic carbocycles. The van der Waals surface area contributed by atoms with Gasteiger partial charge in [-0.15, -0.1) is 0 Å². The Kier molecular flexibility index (Phi) is 4.45. The maximum absolute atomic E-state index is 13.1. The average molecular weight is 240 g/mol. The summed E-state index contributed by atoms with van der Waals surface area (Å²) in [5.41, 5.74) is 0.196. The van der Waals surface area contributed by atoms with Gasteiger partial charge in [-0.3, -0.25) is 4.79 Å². The molecular weight excluding hydrogens is 229 g/mol. The fourth-order valence-corrected chi connectivity index (χ4v) is 1.51. The Labute approximate surface area is 98.6 Å². The van der Waals surface area contributed by atoms with Gasteiger partial charge < -0.3 is 0 Å². The molecule has 1 unspecified atom stereocenters. The maximum Gasteiger partial charge on any atom is 0.180 e. The van der Waals surface area contributed by atoms with Gasteiger partial charge >= 0.3 is 0 Å².